The average Bonchev–Trinajstić information content (AvgIpc) is 2.67. The number of aromatic amines is 1. The second-order valence-corrected chi connectivity index (χ2v) is 5.00. The number of nitrogens with one attached hydrogen (secondary N) is 1. The highest BCUT2D eigenvalue weighted by atomic mass is 16.3. The van der Waals surface area contributed by atoms with Gasteiger partial charge in [-0.2, -0.15) is 5.10 Å². The summed E-state index contributed by atoms with van der Waals surface area (Å²) in [6, 6.07) is 1.69. The third-order valence-corrected chi connectivity index (χ3v) is 2.72. The van der Waals surface area contributed by atoms with Crippen molar-refractivity contribution in [3.05, 3.63) is 23.6 Å². The Labute approximate surface area is 99.3 Å². The highest BCUT2D eigenvalue weighted by Crippen LogP contribution is 2.35. The number of aromatic nitrogens is 2. The molecule has 0 fully saturated rings. The van der Waals surface area contributed by atoms with E-state index in [-0.39, 0.29) is 17.0 Å². The van der Waals surface area contributed by atoms with Gasteiger partial charge in [-0.25, -0.2) is 4.99 Å². The summed E-state index contributed by atoms with van der Waals surface area (Å²) in [5.41, 5.74) is 0.130. The van der Waals surface area contributed by atoms with E-state index < -0.39 is 0 Å². The first-order chi connectivity index (χ1) is 7.98. The molecule has 5 heteroatoms. The van der Waals surface area contributed by atoms with Crippen LogP contribution in [-0.4, -0.2) is 27.3 Å². The molecule has 1 heterocycles. The largest absolute Gasteiger partial charge is 0.511 e. The van der Waals surface area contributed by atoms with Crippen LogP contribution in [0.25, 0.3) is 0 Å². The lowest BCUT2D eigenvalue weighted by molar-refractivity contribution is -0.117. The molecular weight excluding hydrogens is 218 g/mol. The van der Waals surface area contributed by atoms with E-state index in [2.05, 4.69) is 15.2 Å². The molecule has 0 unspecified atom stereocenters. The van der Waals surface area contributed by atoms with Gasteiger partial charge in [-0.15, -0.1) is 0 Å². The van der Waals surface area contributed by atoms with Gasteiger partial charge in [-0.3, -0.25) is 9.89 Å². The maximum absolute atomic E-state index is 11.8. The van der Waals surface area contributed by atoms with Crippen molar-refractivity contribution in [2.24, 2.45) is 10.4 Å². The average molecular weight is 233 g/mol. The van der Waals surface area contributed by atoms with Gasteiger partial charge in [0, 0.05) is 25.1 Å². The number of ketones is 1. The zero-order valence-electron chi connectivity index (χ0n) is 9.90. The normalized spacial score (nSPS) is 20.2. The van der Waals surface area contributed by atoms with Crippen molar-refractivity contribution in [1.82, 2.24) is 10.2 Å². The standard InChI is InChI=1S/C12H15N3O2/c1-12(2)5-9(16)8(10(17)6-12)7-13-11-3-4-14-15-11/h3-4,7,16H,5-6H2,1-2H3,(H,14,15)/b13-7+. The fourth-order valence-corrected chi connectivity index (χ4v) is 1.90. The molecule has 1 aliphatic rings. The van der Waals surface area contributed by atoms with E-state index >= 15 is 0 Å². The summed E-state index contributed by atoms with van der Waals surface area (Å²) in [6.07, 6.45) is 3.91. The third kappa shape index (κ3) is 2.61. The Kier molecular flexibility index (Phi) is 2.83. The fourth-order valence-electron chi connectivity index (χ4n) is 1.90. The topological polar surface area (TPSA) is 78.3 Å². The smallest absolute Gasteiger partial charge is 0.168 e. The summed E-state index contributed by atoms with van der Waals surface area (Å²) in [7, 11) is 0. The molecule has 0 saturated carbocycles. The molecule has 2 rings (SSSR count). The van der Waals surface area contributed by atoms with Crippen LogP contribution < -0.4 is 0 Å². The van der Waals surface area contributed by atoms with Gasteiger partial charge in [0.1, 0.15) is 11.6 Å². The van der Waals surface area contributed by atoms with E-state index in [1.807, 2.05) is 13.8 Å². The number of hydrogen-bond donors (Lipinski definition) is 2. The van der Waals surface area contributed by atoms with E-state index in [1.165, 1.54) is 6.21 Å². The zero-order chi connectivity index (χ0) is 12.5. The first-order valence-electron chi connectivity index (χ1n) is 5.47. The number of allylic oxidation sites excluding steroid dienone is 2. The van der Waals surface area contributed by atoms with Crippen molar-refractivity contribution in [3.63, 3.8) is 0 Å². The monoisotopic (exact) mass is 233 g/mol. The Balaban J connectivity index is 2.23. The van der Waals surface area contributed by atoms with Crippen LogP contribution in [0, 0.1) is 5.41 Å². The number of aliphatic imine (C=N–C) groups is 1. The molecule has 90 valence electrons. The number of Topliss-reactive ketones (excluding diaryl/α,β-unsaturated/α-hetero) is 1. The van der Waals surface area contributed by atoms with Gasteiger partial charge in [0.05, 0.1) is 11.8 Å². The van der Waals surface area contributed by atoms with Crippen LogP contribution in [0.5, 0.6) is 0 Å². The van der Waals surface area contributed by atoms with Crippen molar-refractivity contribution in [2.75, 3.05) is 0 Å². The van der Waals surface area contributed by atoms with E-state index in [9.17, 15) is 9.90 Å². The summed E-state index contributed by atoms with van der Waals surface area (Å²) in [5, 5.41) is 16.2. The lowest BCUT2D eigenvalue weighted by atomic mass is 9.77. The Morgan fingerprint density at radius 2 is 2.29 bits per heavy atom. The number of carbonyl (C=O) groups is 1. The Bertz CT molecular complexity index is 484. The van der Waals surface area contributed by atoms with Crippen LogP contribution in [0.4, 0.5) is 5.82 Å². The van der Waals surface area contributed by atoms with Gasteiger partial charge >= 0.3 is 0 Å². The number of aliphatic hydroxyl groups excluding tert-OH is 1. The molecule has 2 N–H and O–H groups in total. The van der Waals surface area contributed by atoms with Crippen LogP contribution in [-0.2, 0) is 4.79 Å². The van der Waals surface area contributed by atoms with Crippen LogP contribution in [0.3, 0.4) is 0 Å². The molecule has 1 aromatic rings. The number of rotatable bonds is 2. The maximum atomic E-state index is 11.8. The van der Waals surface area contributed by atoms with Crippen LogP contribution in [0.15, 0.2) is 28.6 Å². The predicted octanol–water partition coefficient (Wildman–Crippen LogP) is 2.31. The van der Waals surface area contributed by atoms with Gasteiger partial charge in [-0.05, 0) is 5.41 Å². The van der Waals surface area contributed by atoms with Crippen molar-refractivity contribution in [2.45, 2.75) is 26.7 Å². The Morgan fingerprint density at radius 1 is 1.53 bits per heavy atom. The molecule has 5 nitrogen and oxygen atoms in total. The molecule has 0 amide bonds. The van der Waals surface area contributed by atoms with Crippen molar-refractivity contribution >= 4 is 17.8 Å². The number of aliphatic hydroxyl groups is 1. The van der Waals surface area contributed by atoms with Crippen molar-refractivity contribution in [3.8, 4) is 0 Å². The zero-order valence-corrected chi connectivity index (χ0v) is 9.90. The number of H-pyrrole nitrogens is 1. The summed E-state index contributed by atoms with van der Waals surface area (Å²) < 4.78 is 0. The molecule has 1 aromatic heterocycles. The van der Waals surface area contributed by atoms with Gasteiger partial charge in [0.2, 0.25) is 0 Å². The molecular formula is C12H15N3O2. The summed E-state index contributed by atoms with van der Waals surface area (Å²) in [5.74, 6) is 0.611. The van der Waals surface area contributed by atoms with Gasteiger partial charge in [0.15, 0.2) is 5.78 Å². The number of carbonyl (C=O) groups excluding carboxylic acids is 1. The molecule has 0 aliphatic heterocycles. The van der Waals surface area contributed by atoms with Crippen LogP contribution in [0.1, 0.15) is 26.7 Å². The summed E-state index contributed by atoms with van der Waals surface area (Å²) in [4.78, 5) is 15.9. The fraction of sp³-hybridized carbons (Fsp3) is 0.417. The minimum atomic E-state index is -0.174. The third-order valence-electron chi connectivity index (χ3n) is 2.72. The molecule has 0 aromatic carbocycles. The highest BCUT2D eigenvalue weighted by Gasteiger charge is 2.32. The van der Waals surface area contributed by atoms with Crippen LogP contribution >= 0.6 is 0 Å². The van der Waals surface area contributed by atoms with Gasteiger partial charge < -0.3 is 5.11 Å². The summed E-state index contributed by atoms with van der Waals surface area (Å²) >= 11 is 0. The molecule has 1 aliphatic carbocycles. The second kappa shape index (κ2) is 4.16. The van der Waals surface area contributed by atoms with Crippen molar-refractivity contribution in [1.29, 1.82) is 0 Å². The van der Waals surface area contributed by atoms with Gasteiger partial charge in [0.25, 0.3) is 0 Å². The minimum Gasteiger partial charge on any atom is -0.511 e. The summed E-state index contributed by atoms with van der Waals surface area (Å²) in [6.45, 7) is 3.92. The van der Waals surface area contributed by atoms with Crippen molar-refractivity contribution < 1.29 is 9.90 Å². The molecule has 0 saturated heterocycles. The van der Waals surface area contributed by atoms with Crippen LogP contribution in [0.2, 0.25) is 0 Å². The lowest BCUT2D eigenvalue weighted by Gasteiger charge is -2.28. The lowest BCUT2D eigenvalue weighted by Crippen LogP contribution is -2.26. The second-order valence-electron chi connectivity index (χ2n) is 5.00. The number of nitrogens with zero attached hydrogens (tertiary/aromatic N) is 2. The molecule has 0 spiro atoms. The quantitative estimate of drug-likeness (QED) is 0.769. The molecule has 0 bridgehead atoms. The molecule has 0 atom stereocenters. The first kappa shape index (κ1) is 11.6. The Hall–Kier alpha value is -1.91. The van der Waals surface area contributed by atoms with E-state index in [4.69, 9.17) is 0 Å². The highest BCUT2D eigenvalue weighted by molar-refractivity contribution is 6.14. The minimum absolute atomic E-state index is 0.0676. The SMILES string of the molecule is CC1(C)CC(=O)C(/C=N/c2ccn[nH]2)=C(O)C1. The maximum Gasteiger partial charge on any atom is 0.168 e. The predicted molar refractivity (Wildman–Crippen MR) is 64.4 cm³/mol. The van der Waals surface area contributed by atoms with E-state index in [0.29, 0.717) is 24.2 Å². The Morgan fingerprint density at radius 3 is 2.88 bits per heavy atom. The number of hydrogen-bond acceptors (Lipinski definition) is 4. The van der Waals surface area contributed by atoms with E-state index in [1.54, 1.807) is 12.3 Å². The molecule has 0 radical (unpaired) electrons. The van der Waals surface area contributed by atoms with Gasteiger partial charge in [-0.1, -0.05) is 13.8 Å². The van der Waals surface area contributed by atoms with E-state index in [0.717, 1.165) is 0 Å². The molecule has 17 heavy (non-hydrogen) atoms. The first-order valence-corrected chi connectivity index (χ1v) is 5.47.